The molecule has 2 fully saturated rings. The second kappa shape index (κ2) is 8.29. The first-order valence-electron chi connectivity index (χ1n) is 10.6. The summed E-state index contributed by atoms with van der Waals surface area (Å²) in [6, 6.07) is 6.15. The minimum Gasteiger partial charge on any atom is -0.454 e. The van der Waals surface area contributed by atoms with Crippen molar-refractivity contribution in [3.8, 4) is 11.5 Å². The van der Waals surface area contributed by atoms with Crippen LogP contribution in [0.5, 0.6) is 11.5 Å². The van der Waals surface area contributed by atoms with Crippen molar-refractivity contribution in [1.82, 2.24) is 5.32 Å². The summed E-state index contributed by atoms with van der Waals surface area (Å²) in [4.78, 5) is 12.8. The molecule has 2 aliphatic heterocycles. The van der Waals surface area contributed by atoms with Gasteiger partial charge in [-0.25, -0.2) is 0 Å². The van der Waals surface area contributed by atoms with Crippen molar-refractivity contribution in [1.29, 1.82) is 0 Å². The third-order valence-corrected chi connectivity index (χ3v) is 6.94. The maximum atomic E-state index is 12.8. The van der Waals surface area contributed by atoms with Crippen molar-refractivity contribution >= 4 is 5.91 Å². The van der Waals surface area contributed by atoms with Crippen LogP contribution in [-0.2, 0) is 14.9 Å². The van der Waals surface area contributed by atoms with Crippen molar-refractivity contribution in [2.45, 2.75) is 56.8 Å². The van der Waals surface area contributed by atoms with Gasteiger partial charge in [0.1, 0.15) is 0 Å². The molecule has 6 heteroatoms. The second-order valence-electron chi connectivity index (χ2n) is 8.68. The number of fused-ring (bicyclic) bond motifs is 1. The normalized spacial score (nSPS) is 22.6. The first-order chi connectivity index (χ1) is 13.6. The number of carbonyl (C=O) groups is 1. The molecule has 2 heterocycles. The van der Waals surface area contributed by atoms with Crippen molar-refractivity contribution < 1.29 is 19.0 Å². The minimum atomic E-state index is -0.128. The van der Waals surface area contributed by atoms with Gasteiger partial charge in [-0.05, 0) is 55.3 Å². The Bertz CT molecular complexity index is 694. The molecule has 0 unspecified atom stereocenters. The van der Waals surface area contributed by atoms with E-state index in [1.54, 1.807) is 0 Å². The summed E-state index contributed by atoms with van der Waals surface area (Å²) in [7, 11) is 0. The van der Waals surface area contributed by atoms with Crippen LogP contribution in [0.25, 0.3) is 0 Å². The molecule has 0 atom stereocenters. The van der Waals surface area contributed by atoms with Crippen molar-refractivity contribution in [2.24, 2.45) is 11.1 Å². The predicted molar refractivity (Wildman–Crippen MR) is 106 cm³/mol. The third kappa shape index (κ3) is 3.98. The lowest BCUT2D eigenvalue weighted by atomic mass is 9.71. The Hall–Kier alpha value is -1.79. The van der Waals surface area contributed by atoms with Gasteiger partial charge in [0.2, 0.25) is 12.7 Å². The largest absolute Gasteiger partial charge is 0.454 e. The SMILES string of the molecule is NCC1(CC(=O)NCC2(c3ccc4c(c3)OCO4)CCOCC2)CCCCC1. The van der Waals surface area contributed by atoms with Gasteiger partial charge in [0, 0.05) is 31.6 Å². The van der Waals surface area contributed by atoms with E-state index in [0.717, 1.165) is 37.2 Å². The van der Waals surface area contributed by atoms with E-state index in [0.29, 0.717) is 32.7 Å². The van der Waals surface area contributed by atoms with Crippen molar-refractivity contribution in [3.63, 3.8) is 0 Å². The van der Waals surface area contributed by atoms with Gasteiger partial charge >= 0.3 is 0 Å². The Labute approximate surface area is 167 Å². The Morgan fingerprint density at radius 3 is 2.54 bits per heavy atom. The molecule has 3 N–H and O–H groups in total. The van der Waals surface area contributed by atoms with Crippen molar-refractivity contribution in [2.75, 3.05) is 33.1 Å². The summed E-state index contributed by atoms with van der Waals surface area (Å²) in [6.07, 6.45) is 8.07. The van der Waals surface area contributed by atoms with Crippen LogP contribution in [-0.4, -0.2) is 39.0 Å². The molecule has 0 bridgehead atoms. The van der Waals surface area contributed by atoms with E-state index in [2.05, 4.69) is 17.4 Å². The minimum absolute atomic E-state index is 0.01000. The lowest BCUT2D eigenvalue weighted by molar-refractivity contribution is -0.124. The molecule has 0 aromatic heterocycles. The molecule has 3 aliphatic rings. The number of carbonyl (C=O) groups excluding carboxylic acids is 1. The van der Waals surface area contributed by atoms with E-state index in [4.69, 9.17) is 19.9 Å². The molecule has 154 valence electrons. The maximum absolute atomic E-state index is 12.8. The number of amides is 1. The lowest BCUT2D eigenvalue weighted by Gasteiger charge is -2.39. The van der Waals surface area contributed by atoms with E-state index >= 15 is 0 Å². The van der Waals surface area contributed by atoms with Crippen LogP contribution in [0, 0.1) is 5.41 Å². The highest BCUT2D eigenvalue weighted by Crippen LogP contribution is 2.41. The molecule has 1 amide bonds. The van der Waals surface area contributed by atoms with E-state index in [1.807, 2.05) is 6.07 Å². The Balaban J connectivity index is 1.45. The van der Waals surface area contributed by atoms with E-state index in [1.165, 1.54) is 24.8 Å². The highest BCUT2D eigenvalue weighted by atomic mass is 16.7. The Morgan fingerprint density at radius 1 is 1.04 bits per heavy atom. The number of nitrogens with two attached hydrogens (primary N) is 1. The van der Waals surface area contributed by atoms with Gasteiger partial charge < -0.3 is 25.3 Å². The summed E-state index contributed by atoms with van der Waals surface area (Å²) >= 11 is 0. The number of ether oxygens (including phenoxy) is 3. The third-order valence-electron chi connectivity index (χ3n) is 6.94. The summed E-state index contributed by atoms with van der Waals surface area (Å²) < 4.78 is 16.6. The fourth-order valence-corrected chi connectivity index (χ4v) is 4.98. The molecule has 4 rings (SSSR count). The summed E-state index contributed by atoms with van der Waals surface area (Å²) in [5, 5.41) is 3.24. The van der Waals surface area contributed by atoms with Crippen LogP contribution in [0.15, 0.2) is 18.2 Å². The van der Waals surface area contributed by atoms with Gasteiger partial charge in [-0.3, -0.25) is 4.79 Å². The van der Waals surface area contributed by atoms with E-state index in [9.17, 15) is 4.79 Å². The van der Waals surface area contributed by atoms with Crippen LogP contribution in [0.1, 0.15) is 56.9 Å². The van der Waals surface area contributed by atoms with Gasteiger partial charge in [-0.1, -0.05) is 25.3 Å². The molecule has 0 radical (unpaired) electrons. The molecular formula is C22H32N2O4. The molecule has 0 spiro atoms. The van der Waals surface area contributed by atoms with Crippen LogP contribution in [0.3, 0.4) is 0 Å². The first kappa shape index (κ1) is 19.5. The number of benzene rings is 1. The average Bonchev–Trinajstić information content (AvgIpc) is 3.22. The Morgan fingerprint density at radius 2 is 1.79 bits per heavy atom. The number of hydrogen-bond acceptors (Lipinski definition) is 5. The number of nitrogens with one attached hydrogen (secondary N) is 1. The molecule has 28 heavy (non-hydrogen) atoms. The molecule has 1 aliphatic carbocycles. The maximum Gasteiger partial charge on any atom is 0.231 e. The van der Waals surface area contributed by atoms with Gasteiger partial charge in [-0.15, -0.1) is 0 Å². The Kier molecular flexibility index (Phi) is 5.78. The monoisotopic (exact) mass is 388 g/mol. The predicted octanol–water partition coefficient (Wildman–Crippen LogP) is 2.88. The number of rotatable bonds is 6. The summed E-state index contributed by atoms with van der Waals surface area (Å²) in [6.45, 7) is 2.90. The molecule has 1 aromatic carbocycles. The zero-order valence-corrected chi connectivity index (χ0v) is 16.6. The highest BCUT2D eigenvalue weighted by Gasteiger charge is 2.37. The van der Waals surface area contributed by atoms with Crippen LogP contribution in [0.4, 0.5) is 0 Å². The van der Waals surface area contributed by atoms with Crippen molar-refractivity contribution in [3.05, 3.63) is 23.8 Å². The lowest BCUT2D eigenvalue weighted by Crippen LogP contribution is -2.46. The molecular weight excluding hydrogens is 356 g/mol. The van der Waals surface area contributed by atoms with Crippen LogP contribution in [0.2, 0.25) is 0 Å². The smallest absolute Gasteiger partial charge is 0.231 e. The highest BCUT2D eigenvalue weighted by molar-refractivity contribution is 5.77. The van der Waals surface area contributed by atoms with Crippen LogP contribution < -0.4 is 20.5 Å². The standard InChI is InChI=1S/C22H32N2O4/c23-14-21(6-2-1-3-7-21)13-20(25)24-15-22(8-10-26-11-9-22)17-4-5-18-19(12-17)28-16-27-18/h4-5,12H,1-3,6-11,13-16,23H2,(H,24,25). The van der Waals surface area contributed by atoms with Crippen LogP contribution >= 0.6 is 0 Å². The van der Waals surface area contributed by atoms with E-state index < -0.39 is 0 Å². The average molecular weight is 389 g/mol. The zero-order chi connectivity index (χ0) is 19.5. The zero-order valence-electron chi connectivity index (χ0n) is 16.6. The fraction of sp³-hybridized carbons (Fsp3) is 0.682. The van der Waals surface area contributed by atoms with Gasteiger partial charge in [0.05, 0.1) is 0 Å². The quantitative estimate of drug-likeness (QED) is 0.783. The fourth-order valence-electron chi connectivity index (χ4n) is 4.98. The molecule has 1 saturated carbocycles. The van der Waals surface area contributed by atoms with E-state index in [-0.39, 0.29) is 23.5 Å². The summed E-state index contributed by atoms with van der Waals surface area (Å²) in [5.41, 5.74) is 7.12. The van der Waals surface area contributed by atoms with Gasteiger partial charge in [-0.2, -0.15) is 0 Å². The van der Waals surface area contributed by atoms with Gasteiger partial charge in [0.25, 0.3) is 0 Å². The molecule has 1 saturated heterocycles. The van der Waals surface area contributed by atoms with Gasteiger partial charge in [0.15, 0.2) is 11.5 Å². The molecule has 1 aromatic rings. The summed E-state index contributed by atoms with van der Waals surface area (Å²) in [5.74, 6) is 1.70. The number of hydrogen-bond donors (Lipinski definition) is 2. The molecule has 6 nitrogen and oxygen atoms in total. The first-order valence-corrected chi connectivity index (χ1v) is 10.6. The second-order valence-corrected chi connectivity index (χ2v) is 8.68. The topological polar surface area (TPSA) is 82.8 Å².